The van der Waals surface area contributed by atoms with Gasteiger partial charge in [-0.05, 0) is 31.2 Å². The molecule has 0 aliphatic carbocycles. The molecule has 3 heterocycles. The first-order valence-corrected chi connectivity index (χ1v) is 10.8. The Hall–Kier alpha value is -4.26. The molecule has 4 rings (SSSR count). The van der Waals surface area contributed by atoms with Crippen molar-refractivity contribution in [3.63, 3.8) is 0 Å². The van der Waals surface area contributed by atoms with Crippen LogP contribution in [0.25, 0.3) is 11.2 Å². The number of aryl methyl sites for hydroxylation is 1. The van der Waals surface area contributed by atoms with Crippen LogP contribution < -0.4 is 26.3 Å². The van der Waals surface area contributed by atoms with Crippen LogP contribution in [0.5, 0.6) is 5.75 Å². The summed E-state index contributed by atoms with van der Waals surface area (Å²) >= 11 is 0. The zero-order valence-corrected chi connectivity index (χ0v) is 19.7. The van der Waals surface area contributed by atoms with E-state index in [9.17, 15) is 24.3 Å². The summed E-state index contributed by atoms with van der Waals surface area (Å²) < 4.78 is 9.16. The largest absolute Gasteiger partial charge is 0.491 e. The zero-order chi connectivity index (χ0) is 25.4. The third-order valence-corrected chi connectivity index (χ3v) is 5.44. The molecule has 0 bridgehead atoms. The molecule has 13 heteroatoms. The van der Waals surface area contributed by atoms with Gasteiger partial charge in [0.1, 0.15) is 18.5 Å². The molecule has 35 heavy (non-hydrogen) atoms. The van der Waals surface area contributed by atoms with Crippen LogP contribution >= 0.6 is 0 Å². The average molecular weight is 483 g/mol. The molecule has 2 aromatic heterocycles. The molecule has 0 saturated carbocycles. The normalized spacial score (nSPS) is 14.4. The molecule has 1 aliphatic rings. The van der Waals surface area contributed by atoms with Gasteiger partial charge in [0.25, 0.3) is 11.5 Å². The van der Waals surface area contributed by atoms with Crippen LogP contribution in [0.3, 0.4) is 0 Å². The van der Waals surface area contributed by atoms with Crippen molar-refractivity contribution >= 4 is 40.3 Å². The molecule has 184 valence electrons. The van der Waals surface area contributed by atoms with Gasteiger partial charge in [0.05, 0.1) is 13.0 Å². The standard InChI is InChI=1S/C22H25N7O6/c1-12-9-17(32)29(25-12)21-24-19-18(20(33)27(4)22(34)26(19)3)28(21)10-15(31)11-35-16-7-5-14(6-8-16)23-13(2)30/h5-8,15,31H,9-11H2,1-4H3,(H,23,30). The van der Waals surface area contributed by atoms with Gasteiger partial charge < -0.3 is 15.2 Å². The number of carbonyl (C=O) groups is 2. The maximum absolute atomic E-state index is 13.0. The van der Waals surface area contributed by atoms with Crippen LogP contribution in [0, 0.1) is 0 Å². The van der Waals surface area contributed by atoms with Crippen LogP contribution in [0.4, 0.5) is 11.6 Å². The van der Waals surface area contributed by atoms with E-state index in [0.29, 0.717) is 17.1 Å². The number of benzene rings is 1. The third kappa shape index (κ3) is 4.57. The summed E-state index contributed by atoms with van der Waals surface area (Å²) in [6.07, 6.45) is -1.01. The smallest absolute Gasteiger partial charge is 0.332 e. The summed E-state index contributed by atoms with van der Waals surface area (Å²) in [6, 6.07) is 6.60. The van der Waals surface area contributed by atoms with Crippen LogP contribution in [0.2, 0.25) is 0 Å². The first-order chi connectivity index (χ1) is 16.6. The van der Waals surface area contributed by atoms with Crippen LogP contribution in [-0.2, 0) is 30.2 Å². The predicted octanol–water partition coefficient (Wildman–Crippen LogP) is -0.0554. The molecule has 2 N–H and O–H groups in total. The molecule has 1 atom stereocenters. The van der Waals surface area contributed by atoms with Crippen molar-refractivity contribution in [1.29, 1.82) is 0 Å². The lowest BCUT2D eigenvalue weighted by atomic mass is 10.3. The summed E-state index contributed by atoms with van der Waals surface area (Å²) in [5.74, 6) is -0.0519. The molecule has 1 aliphatic heterocycles. The van der Waals surface area contributed by atoms with Gasteiger partial charge in [-0.2, -0.15) is 15.1 Å². The molecule has 13 nitrogen and oxygen atoms in total. The Labute approximate surface area is 198 Å². The Morgan fingerprint density at radius 1 is 1.17 bits per heavy atom. The molecule has 0 radical (unpaired) electrons. The van der Waals surface area contributed by atoms with Crippen molar-refractivity contribution in [3.8, 4) is 5.75 Å². The van der Waals surface area contributed by atoms with Gasteiger partial charge in [0.15, 0.2) is 11.2 Å². The zero-order valence-electron chi connectivity index (χ0n) is 19.7. The Morgan fingerprint density at radius 3 is 2.46 bits per heavy atom. The highest BCUT2D eigenvalue weighted by Crippen LogP contribution is 2.24. The van der Waals surface area contributed by atoms with Crippen LogP contribution in [0.1, 0.15) is 20.3 Å². The number of aliphatic hydroxyl groups excluding tert-OH is 1. The second-order valence-electron chi connectivity index (χ2n) is 8.29. The van der Waals surface area contributed by atoms with E-state index in [2.05, 4.69) is 15.4 Å². The average Bonchev–Trinajstić information content (AvgIpc) is 3.34. The molecular formula is C22H25N7O6. The second kappa shape index (κ2) is 9.18. The maximum atomic E-state index is 13.0. The summed E-state index contributed by atoms with van der Waals surface area (Å²) in [5, 5.41) is 18.7. The van der Waals surface area contributed by atoms with Crippen molar-refractivity contribution in [2.45, 2.75) is 32.9 Å². The van der Waals surface area contributed by atoms with E-state index in [-0.39, 0.29) is 48.5 Å². The van der Waals surface area contributed by atoms with Crippen molar-refractivity contribution in [2.75, 3.05) is 16.9 Å². The molecular weight excluding hydrogens is 458 g/mol. The topological polar surface area (TPSA) is 153 Å². The van der Waals surface area contributed by atoms with Crippen molar-refractivity contribution in [1.82, 2.24) is 18.7 Å². The fraction of sp³-hybridized carbons (Fsp3) is 0.364. The van der Waals surface area contributed by atoms with Gasteiger partial charge in [0, 0.05) is 32.4 Å². The van der Waals surface area contributed by atoms with Gasteiger partial charge in [-0.25, -0.2) is 4.79 Å². The highest BCUT2D eigenvalue weighted by molar-refractivity contribution is 6.11. The number of nitrogens with zero attached hydrogens (tertiary/aromatic N) is 6. The number of ether oxygens (including phenoxy) is 1. The number of hydrogen-bond acceptors (Lipinski definition) is 8. The number of rotatable bonds is 7. The Balaban J connectivity index is 1.65. The SMILES string of the molecule is CC(=O)Nc1ccc(OCC(O)Cn2c(N3N=C(C)CC3=O)nc3c2c(=O)n(C)c(=O)n3C)cc1. The molecule has 0 saturated heterocycles. The summed E-state index contributed by atoms with van der Waals surface area (Å²) in [6.45, 7) is 2.81. The van der Waals surface area contributed by atoms with E-state index in [1.54, 1.807) is 31.2 Å². The Morgan fingerprint density at radius 2 is 1.86 bits per heavy atom. The lowest BCUT2D eigenvalue weighted by Crippen LogP contribution is -2.38. The monoisotopic (exact) mass is 483 g/mol. The van der Waals surface area contributed by atoms with E-state index in [1.807, 2.05) is 0 Å². The van der Waals surface area contributed by atoms with Gasteiger partial charge in [0.2, 0.25) is 11.9 Å². The van der Waals surface area contributed by atoms with E-state index in [4.69, 9.17) is 4.74 Å². The number of aromatic nitrogens is 4. The van der Waals surface area contributed by atoms with E-state index in [1.165, 1.54) is 30.2 Å². The Bertz CT molecular complexity index is 1460. The summed E-state index contributed by atoms with van der Waals surface area (Å²) in [4.78, 5) is 53.4. The number of amides is 2. The number of nitrogens with one attached hydrogen (secondary N) is 1. The number of aliphatic hydroxyl groups is 1. The van der Waals surface area contributed by atoms with Crippen molar-refractivity contribution in [2.24, 2.45) is 19.2 Å². The van der Waals surface area contributed by atoms with Gasteiger partial charge >= 0.3 is 5.69 Å². The van der Waals surface area contributed by atoms with Gasteiger partial charge in [-0.1, -0.05) is 0 Å². The molecule has 2 amide bonds. The Kier molecular flexibility index (Phi) is 6.26. The molecule has 1 unspecified atom stereocenters. The number of hydrogen-bond donors (Lipinski definition) is 2. The second-order valence-corrected chi connectivity index (χ2v) is 8.29. The van der Waals surface area contributed by atoms with E-state index >= 15 is 0 Å². The van der Waals surface area contributed by atoms with Crippen molar-refractivity contribution in [3.05, 3.63) is 45.1 Å². The fourth-order valence-corrected chi connectivity index (χ4v) is 3.78. The van der Waals surface area contributed by atoms with Crippen LogP contribution in [0.15, 0.2) is 39.0 Å². The fourth-order valence-electron chi connectivity index (χ4n) is 3.78. The van der Waals surface area contributed by atoms with E-state index in [0.717, 1.165) is 9.58 Å². The highest BCUT2D eigenvalue weighted by Gasteiger charge is 2.31. The van der Waals surface area contributed by atoms with Gasteiger partial charge in [-0.3, -0.25) is 28.1 Å². The molecule has 3 aromatic rings. The quantitative estimate of drug-likeness (QED) is 0.477. The first-order valence-electron chi connectivity index (χ1n) is 10.8. The minimum Gasteiger partial charge on any atom is -0.491 e. The molecule has 0 spiro atoms. The molecule has 1 aromatic carbocycles. The highest BCUT2D eigenvalue weighted by atomic mass is 16.5. The number of fused-ring (bicyclic) bond motifs is 1. The molecule has 0 fully saturated rings. The number of imidazole rings is 1. The number of anilines is 2. The lowest BCUT2D eigenvalue weighted by molar-refractivity contribution is -0.117. The van der Waals surface area contributed by atoms with Gasteiger partial charge in [-0.15, -0.1) is 0 Å². The lowest BCUT2D eigenvalue weighted by Gasteiger charge is -2.18. The minimum absolute atomic E-state index is 0.0267. The van der Waals surface area contributed by atoms with E-state index < -0.39 is 17.4 Å². The summed E-state index contributed by atoms with van der Waals surface area (Å²) in [5.41, 5.74) is 0.112. The van der Waals surface area contributed by atoms with Crippen molar-refractivity contribution < 1.29 is 19.4 Å². The number of carbonyl (C=O) groups excluding carboxylic acids is 2. The first kappa shape index (κ1) is 23.9. The minimum atomic E-state index is -1.11. The maximum Gasteiger partial charge on any atom is 0.332 e. The summed E-state index contributed by atoms with van der Waals surface area (Å²) in [7, 11) is 2.81. The van der Waals surface area contributed by atoms with Crippen LogP contribution in [-0.4, -0.2) is 54.0 Å². The number of hydrazone groups is 1. The predicted molar refractivity (Wildman–Crippen MR) is 128 cm³/mol. The third-order valence-electron chi connectivity index (χ3n) is 5.44.